The summed E-state index contributed by atoms with van der Waals surface area (Å²) < 4.78 is 4.96. The third-order valence-electron chi connectivity index (χ3n) is 5.12. The number of furan rings is 1. The smallest absolute Gasteiger partial charge is 0.279 e. The maximum absolute atomic E-state index is 12.4. The van der Waals surface area contributed by atoms with E-state index in [2.05, 4.69) is 10.9 Å². The fourth-order valence-electron chi connectivity index (χ4n) is 3.67. The first-order chi connectivity index (χ1) is 13.1. The summed E-state index contributed by atoms with van der Waals surface area (Å²) >= 11 is 1.50. The zero-order valence-corrected chi connectivity index (χ0v) is 15.6. The molecule has 2 aromatic heterocycles. The van der Waals surface area contributed by atoms with E-state index in [1.165, 1.54) is 34.3 Å². The fourth-order valence-corrected chi connectivity index (χ4v) is 4.82. The van der Waals surface area contributed by atoms with Crippen LogP contribution in [-0.2, 0) is 17.6 Å². The molecule has 2 aromatic rings. The molecule has 2 aliphatic rings. The summed E-state index contributed by atoms with van der Waals surface area (Å²) in [4.78, 5) is 40.7. The summed E-state index contributed by atoms with van der Waals surface area (Å²) in [6.45, 7) is 0.944. The van der Waals surface area contributed by atoms with Gasteiger partial charge in [-0.3, -0.25) is 25.2 Å². The molecule has 1 aliphatic heterocycles. The minimum absolute atomic E-state index is 0.140. The molecule has 27 heavy (non-hydrogen) atoms. The average Bonchev–Trinajstić information content (AvgIpc) is 3.42. The third kappa shape index (κ3) is 3.75. The van der Waals surface area contributed by atoms with E-state index < -0.39 is 0 Å². The van der Waals surface area contributed by atoms with E-state index in [0.717, 1.165) is 25.7 Å². The monoisotopic (exact) mass is 387 g/mol. The highest BCUT2D eigenvalue weighted by atomic mass is 32.1. The first-order valence-corrected chi connectivity index (χ1v) is 9.96. The highest BCUT2D eigenvalue weighted by Gasteiger charge is 2.29. The maximum atomic E-state index is 12.4. The third-order valence-corrected chi connectivity index (χ3v) is 6.35. The number of carbonyl (C=O) groups is 3. The van der Waals surface area contributed by atoms with Gasteiger partial charge in [-0.1, -0.05) is 0 Å². The molecule has 8 heteroatoms. The summed E-state index contributed by atoms with van der Waals surface area (Å²) in [5, 5.41) is 0. The van der Waals surface area contributed by atoms with Crippen LogP contribution in [0.5, 0.6) is 0 Å². The van der Waals surface area contributed by atoms with Gasteiger partial charge in [-0.05, 0) is 49.8 Å². The van der Waals surface area contributed by atoms with Crippen LogP contribution in [0.2, 0.25) is 0 Å². The highest BCUT2D eigenvalue weighted by molar-refractivity contribution is 7.14. The van der Waals surface area contributed by atoms with Crippen LogP contribution in [0.3, 0.4) is 0 Å². The second-order valence-electron chi connectivity index (χ2n) is 6.96. The largest absolute Gasteiger partial charge is 0.472 e. The van der Waals surface area contributed by atoms with Crippen LogP contribution < -0.4 is 10.9 Å². The van der Waals surface area contributed by atoms with Crippen molar-refractivity contribution in [3.8, 4) is 0 Å². The number of aryl methyl sites for hydroxylation is 2. The molecular formula is C19H21N3O4S. The van der Waals surface area contributed by atoms with E-state index in [4.69, 9.17) is 4.42 Å². The van der Waals surface area contributed by atoms with Crippen LogP contribution in [0, 0.1) is 5.92 Å². The number of rotatable bonds is 3. The number of hydrazine groups is 1. The first kappa shape index (κ1) is 17.8. The molecule has 3 amide bonds. The van der Waals surface area contributed by atoms with Crippen molar-refractivity contribution in [3.05, 3.63) is 45.5 Å². The standard InChI is InChI=1S/C19H21N3O4S/c23-17(20-21-18(24)16-9-12-3-1-5-15(12)27-16)13-4-2-7-22(10-13)19(25)14-6-8-26-11-14/h6,8-9,11,13H,1-5,7,10H2,(H,20,23)(H,21,24)/t13-/m1/s1. The predicted molar refractivity (Wildman–Crippen MR) is 99.3 cm³/mol. The van der Waals surface area contributed by atoms with Crippen molar-refractivity contribution in [1.82, 2.24) is 15.8 Å². The number of thiophene rings is 1. The quantitative estimate of drug-likeness (QED) is 0.790. The Labute approximate surface area is 160 Å². The lowest BCUT2D eigenvalue weighted by Gasteiger charge is -2.31. The Morgan fingerprint density at radius 2 is 2.07 bits per heavy atom. The predicted octanol–water partition coefficient (Wildman–Crippen LogP) is 2.14. The van der Waals surface area contributed by atoms with E-state index in [-0.39, 0.29) is 23.6 Å². The molecule has 0 aromatic carbocycles. The van der Waals surface area contributed by atoms with Crippen molar-refractivity contribution in [2.75, 3.05) is 13.1 Å². The van der Waals surface area contributed by atoms with Gasteiger partial charge in [0.25, 0.3) is 11.8 Å². The molecule has 1 aliphatic carbocycles. The van der Waals surface area contributed by atoms with E-state index in [1.54, 1.807) is 11.0 Å². The molecule has 0 radical (unpaired) electrons. The van der Waals surface area contributed by atoms with Crippen molar-refractivity contribution in [2.45, 2.75) is 32.1 Å². The highest BCUT2D eigenvalue weighted by Crippen LogP contribution is 2.30. The number of likely N-dealkylation sites (tertiary alicyclic amines) is 1. The number of carbonyl (C=O) groups excluding carboxylic acids is 3. The number of amides is 3. The van der Waals surface area contributed by atoms with Crippen LogP contribution in [0.1, 0.15) is 49.7 Å². The minimum Gasteiger partial charge on any atom is -0.472 e. The lowest BCUT2D eigenvalue weighted by molar-refractivity contribution is -0.127. The number of piperidine rings is 1. The summed E-state index contributed by atoms with van der Waals surface area (Å²) in [5.41, 5.74) is 6.76. The van der Waals surface area contributed by atoms with Gasteiger partial charge in [0.1, 0.15) is 6.26 Å². The molecular weight excluding hydrogens is 366 g/mol. The van der Waals surface area contributed by atoms with E-state index in [1.807, 2.05) is 6.07 Å². The Hall–Kier alpha value is -2.61. The molecule has 0 saturated carbocycles. The summed E-state index contributed by atoms with van der Waals surface area (Å²) in [6, 6.07) is 3.53. The van der Waals surface area contributed by atoms with Gasteiger partial charge in [-0.2, -0.15) is 0 Å². The van der Waals surface area contributed by atoms with Crippen molar-refractivity contribution in [3.63, 3.8) is 0 Å². The van der Waals surface area contributed by atoms with Crippen LogP contribution in [0.15, 0.2) is 29.1 Å². The molecule has 0 spiro atoms. The first-order valence-electron chi connectivity index (χ1n) is 9.15. The normalized spacial score (nSPS) is 18.8. The van der Waals surface area contributed by atoms with E-state index in [0.29, 0.717) is 30.0 Å². The number of nitrogens with one attached hydrogen (secondary N) is 2. The van der Waals surface area contributed by atoms with Gasteiger partial charge in [0.05, 0.1) is 22.6 Å². The SMILES string of the molecule is O=C(NNC(=O)[C@@H]1CCCN(C(=O)c2ccoc2)C1)c1cc2c(s1)CCC2. The Bertz CT molecular complexity index is 837. The van der Waals surface area contributed by atoms with Crippen LogP contribution in [0.4, 0.5) is 0 Å². The van der Waals surface area contributed by atoms with Gasteiger partial charge < -0.3 is 9.32 Å². The van der Waals surface area contributed by atoms with Crippen molar-refractivity contribution < 1.29 is 18.8 Å². The van der Waals surface area contributed by atoms with Crippen molar-refractivity contribution in [1.29, 1.82) is 0 Å². The molecule has 142 valence electrons. The lowest BCUT2D eigenvalue weighted by atomic mass is 9.97. The fraction of sp³-hybridized carbons (Fsp3) is 0.421. The van der Waals surface area contributed by atoms with Crippen LogP contribution in [0.25, 0.3) is 0 Å². The van der Waals surface area contributed by atoms with Gasteiger partial charge >= 0.3 is 0 Å². The molecule has 2 N–H and O–H groups in total. The van der Waals surface area contributed by atoms with E-state index >= 15 is 0 Å². The van der Waals surface area contributed by atoms with Crippen molar-refractivity contribution in [2.24, 2.45) is 5.92 Å². The minimum atomic E-state index is -0.344. The van der Waals surface area contributed by atoms with Gasteiger partial charge in [-0.15, -0.1) is 11.3 Å². The van der Waals surface area contributed by atoms with Gasteiger partial charge in [0, 0.05) is 18.0 Å². The summed E-state index contributed by atoms with van der Waals surface area (Å²) in [5.74, 6) is -1.04. The second kappa shape index (κ2) is 7.56. The molecule has 1 atom stereocenters. The Kier molecular flexibility index (Phi) is 4.98. The molecule has 0 unspecified atom stereocenters. The number of hydrogen-bond acceptors (Lipinski definition) is 5. The number of fused-ring (bicyclic) bond motifs is 1. The van der Waals surface area contributed by atoms with Gasteiger partial charge in [-0.25, -0.2) is 0 Å². The second-order valence-corrected chi connectivity index (χ2v) is 8.10. The van der Waals surface area contributed by atoms with Gasteiger partial charge in [0.2, 0.25) is 5.91 Å². The molecule has 7 nitrogen and oxygen atoms in total. The topological polar surface area (TPSA) is 91.7 Å². The number of nitrogens with zero attached hydrogens (tertiary/aromatic N) is 1. The summed E-state index contributed by atoms with van der Waals surface area (Å²) in [6.07, 6.45) is 7.49. The van der Waals surface area contributed by atoms with Crippen LogP contribution in [-0.4, -0.2) is 35.7 Å². The maximum Gasteiger partial charge on any atom is 0.279 e. The Balaban J connectivity index is 1.31. The molecule has 0 bridgehead atoms. The molecule has 3 heterocycles. The molecule has 1 fully saturated rings. The molecule has 4 rings (SSSR count). The Morgan fingerprint density at radius 3 is 2.85 bits per heavy atom. The van der Waals surface area contributed by atoms with Crippen LogP contribution >= 0.6 is 11.3 Å². The zero-order valence-electron chi connectivity index (χ0n) is 14.8. The summed E-state index contributed by atoms with van der Waals surface area (Å²) in [7, 11) is 0. The van der Waals surface area contributed by atoms with E-state index in [9.17, 15) is 14.4 Å². The average molecular weight is 387 g/mol. The lowest BCUT2D eigenvalue weighted by Crippen LogP contribution is -2.49. The number of hydrogen-bond donors (Lipinski definition) is 2. The Morgan fingerprint density at radius 1 is 1.19 bits per heavy atom. The van der Waals surface area contributed by atoms with Crippen molar-refractivity contribution >= 4 is 29.1 Å². The zero-order chi connectivity index (χ0) is 18.8. The van der Waals surface area contributed by atoms with Gasteiger partial charge in [0.15, 0.2) is 0 Å². The molecule has 1 saturated heterocycles.